The fourth-order valence-electron chi connectivity index (χ4n) is 2.63. The van der Waals surface area contributed by atoms with Crippen LogP contribution in [0.15, 0.2) is 59.1 Å². The molecule has 2 aromatic heterocycles. The van der Waals surface area contributed by atoms with Crippen molar-refractivity contribution in [2.45, 2.75) is 6.92 Å². The number of fused-ring (bicyclic) bond motifs is 1. The smallest absolute Gasteiger partial charge is 0.248 e. The third kappa shape index (κ3) is 1.92. The standard InChI is InChI=1S/C17H13N3O/c1-11-19-20-17(21-11)15-6-3-2-5-13(15)12-7-4-8-16-14(12)9-10-18-16/h2-10,18H,1H3. The van der Waals surface area contributed by atoms with E-state index in [-0.39, 0.29) is 0 Å². The second-order valence-corrected chi connectivity index (χ2v) is 4.92. The highest BCUT2D eigenvalue weighted by Gasteiger charge is 2.14. The van der Waals surface area contributed by atoms with E-state index in [9.17, 15) is 0 Å². The zero-order valence-electron chi connectivity index (χ0n) is 11.5. The zero-order chi connectivity index (χ0) is 14.2. The Labute approximate surface area is 121 Å². The molecule has 1 N–H and O–H groups in total. The van der Waals surface area contributed by atoms with Gasteiger partial charge < -0.3 is 9.40 Å². The number of aromatic amines is 1. The summed E-state index contributed by atoms with van der Waals surface area (Å²) >= 11 is 0. The van der Waals surface area contributed by atoms with Crippen molar-refractivity contribution >= 4 is 10.9 Å². The molecule has 2 aromatic carbocycles. The van der Waals surface area contributed by atoms with Gasteiger partial charge in [-0.1, -0.05) is 30.3 Å². The maximum Gasteiger partial charge on any atom is 0.248 e. The maximum atomic E-state index is 5.60. The summed E-state index contributed by atoms with van der Waals surface area (Å²) in [5.74, 6) is 1.12. The first-order chi connectivity index (χ1) is 10.3. The van der Waals surface area contributed by atoms with Crippen LogP contribution in [-0.2, 0) is 0 Å². The highest BCUT2D eigenvalue weighted by atomic mass is 16.4. The third-order valence-electron chi connectivity index (χ3n) is 3.57. The molecule has 0 fully saturated rings. The summed E-state index contributed by atoms with van der Waals surface area (Å²) in [6.45, 7) is 1.80. The first-order valence-electron chi connectivity index (χ1n) is 6.79. The molecule has 0 saturated heterocycles. The van der Waals surface area contributed by atoms with Crippen molar-refractivity contribution in [1.82, 2.24) is 15.2 Å². The van der Waals surface area contributed by atoms with Gasteiger partial charge in [-0.05, 0) is 29.3 Å². The monoisotopic (exact) mass is 275 g/mol. The van der Waals surface area contributed by atoms with Crippen molar-refractivity contribution in [1.29, 1.82) is 0 Å². The van der Waals surface area contributed by atoms with E-state index in [1.807, 2.05) is 30.5 Å². The van der Waals surface area contributed by atoms with Gasteiger partial charge in [0.15, 0.2) is 0 Å². The first kappa shape index (κ1) is 11.9. The van der Waals surface area contributed by atoms with Crippen LogP contribution in [0.3, 0.4) is 0 Å². The van der Waals surface area contributed by atoms with Crippen molar-refractivity contribution < 1.29 is 4.42 Å². The van der Waals surface area contributed by atoms with Gasteiger partial charge >= 0.3 is 0 Å². The summed E-state index contributed by atoms with van der Waals surface area (Å²) in [6.07, 6.45) is 1.95. The minimum atomic E-state index is 0.552. The number of benzene rings is 2. The molecule has 0 aliphatic carbocycles. The number of rotatable bonds is 2. The summed E-state index contributed by atoms with van der Waals surface area (Å²) < 4.78 is 5.60. The molecule has 0 saturated carbocycles. The predicted molar refractivity (Wildman–Crippen MR) is 81.8 cm³/mol. The van der Waals surface area contributed by atoms with E-state index in [0.717, 1.165) is 22.2 Å². The fourth-order valence-corrected chi connectivity index (χ4v) is 2.63. The molecule has 0 aliphatic rings. The number of hydrogen-bond acceptors (Lipinski definition) is 3. The maximum absolute atomic E-state index is 5.60. The molecule has 4 nitrogen and oxygen atoms in total. The van der Waals surface area contributed by atoms with Crippen molar-refractivity contribution in [3.05, 3.63) is 60.6 Å². The van der Waals surface area contributed by atoms with E-state index >= 15 is 0 Å². The van der Waals surface area contributed by atoms with Gasteiger partial charge in [0.1, 0.15) is 0 Å². The summed E-state index contributed by atoms with van der Waals surface area (Å²) in [5, 5.41) is 9.25. The number of aromatic nitrogens is 3. The number of nitrogens with one attached hydrogen (secondary N) is 1. The lowest BCUT2D eigenvalue weighted by atomic mass is 9.97. The van der Waals surface area contributed by atoms with Gasteiger partial charge in [0, 0.05) is 29.6 Å². The molecule has 4 rings (SSSR count). The first-order valence-corrected chi connectivity index (χ1v) is 6.79. The normalized spacial score (nSPS) is 11.1. The van der Waals surface area contributed by atoms with Crippen LogP contribution in [0.25, 0.3) is 33.5 Å². The summed E-state index contributed by atoms with van der Waals surface area (Å²) in [6, 6.07) is 16.4. The van der Waals surface area contributed by atoms with E-state index < -0.39 is 0 Å². The molecule has 4 aromatic rings. The molecular weight excluding hydrogens is 262 g/mol. The Hall–Kier alpha value is -2.88. The largest absolute Gasteiger partial charge is 0.421 e. The topological polar surface area (TPSA) is 54.7 Å². The second kappa shape index (κ2) is 4.59. The number of H-pyrrole nitrogens is 1. The highest BCUT2D eigenvalue weighted by molar-refractivity contribution is 5.98. The van der Waals surface area contributed by atoms with Crippen LogP contribution in [0.1, 0.15) is 5.89 Å². The Morgan fingerprint density at radius 2 is 1.67 bits per heavy atom. The molecule has 0 atom stereocenters. The van der Waals surface area contributed by atoms with E-state index in [0.29, 0.717) is 11.8 Å². The highest BCUT2D eigenvalue weighted by Crippen LogP contribution is 2.35. The Kier molecular flexibility index (Phi) is 2.60. The van der Waals surface area contributed by atoms with Crippen LogP contribution in [0.4, 0.5) is 0 Å². The second-order valence-electron chi connectivity index (χ2n) is 4.92. The fraction of sp³-hybridized carbons (Fsp3) is 0.0588. The molecule has 102 valence electrons. The van der Waals surface area contributed by atoms with Gasteiger partial charge in [0.05, 0.1) is 0 Å². The third-order valence-corrected chi connectivity index (χ3v) is 3.57. The van der Waals surface area contributed by atoms with Crippen LogP contribution in [-0.4, -0.2) is 15.2 Å². The molecule has 2 heterocycles. The molecule has 0 radical (unpaired) electrons. The van der Waals surface area contributed by atoms with Crippen LogP contribution >= 0.6 is 0 Å². The molecular formula is C17H13N3O. The molecule has 21 heavy (non-hydrogen) atoms. The lowest BCUT2D eigenvalue weighted by Crippen LogP contribution is -1.86. The van der Waals surface area contributed by atoms with Crippen molar-refractivity contribution in [2.75, 3.05) is 0 Å². The van der Waals surface area contributed by atoms with E-state index in [2.05, 4.69) is 39.4 Å². The minimum absolute atomic E-state index is 0.552. The lowest BCUT2D eigenvalue weighted by Gasteiger charge is -2.08. The van der Waals surface area contributed by atoms with Crippen LogP contribution in [0, 0.1) is 6.92 Å². The number of aryl methyl sites for hydroxylation is 1. The van der Waals surface area contributed by atoms with Crippen LogP contribution < -0.4 is 0 Å². The minimum Gasteiger partial charge on any atom is -0.421 e. The predicted octanol–water partition coefficient (Wildman–Crippen LogP) is 4.19. The molecule has 0 spiro atoms. The zero-order valence-corrected chi connectivity index (χ0v) is 11.5. The molecule has 4 heteroatoms. The number of hydrogen-bond donors (Lipinski definition) is 1. The Bertz CT molecular complexity index is 920. The number of nitrogens with zero attached hydrogens (tertiary/aromatic N) is 2. The summed E-state index contributed by atoms with van der Waals surface area (Å²) in [5.41, 5.74) is 4.31. The average Bonchev–Trinajstić information content (AvgIpc) is 3.15. The Balaban J connectivity index is 1.99. The lowest BCUT2D eigenvalue weighted by molar-refractivity contribution is 0.533. The quantitative estimate of drug-likeness (QED) is 0.596. The summed E-state index contributed by atoms with van der Waals surface area (Å²) in [7, 11) is 0. The average molecular weight is 275 g/mol. The van der Waals surface area contributed by atoms with E-state index in [1.54, 1.807) is 6.92 Å². The molecule has 0 amide bonds. The van der Waals surface area contributed by atoms with Crippen LogP contribution in [0.5, 0.6) is 0 Å². The van der Waals surface area contributed by atoms with Gasteiger partial charge in [0.25, 0.3) is 0 Å². The van der Waals surface area contributed by atoms with Gasteiger partial charge in [-0.25, -0.2) is 0 Å². The summed E-state index contributed by atoms with van der Waals surface area (Å²) in [4.78, 5) is 3.24. The van der Waals surface area contributed by atoms with E-state index in [1.165, 1.54) is 5.39 Å². The Morgan fingerprint density at radius 1 is 0.857 bits per heavy atom. The van der Waals surface area contributed by atoms with Gasteiger partial charge in [-0.15, -0.1) is 10.2 Å². The Morgan fingerprint density at radius 3 is 2.48 bits per heavy atom. The van der Waals surface area contributed by atoms with Crippen molar-refractivity contribution in [3.63, 3.8) is 0 Å². The van der Waals surface area contributed by atoms with Crippen molar-refractivity contribution in [3.8, 4) is 22.6 Å². The van der Waals surface area contributed by atoms with Gasteiger partial charge in [-0.2, -0.15) is 0 Å². The molecule has 0 bridgehead atoms. The van der Waals surface area contributed by atoms with Crippen LogP contribution in [0.2, 0.25) is 0 Å². The van der Waals surface area contributed by atoms with Gasteiger partial charge in [-0.3, -0.25) is 0 Å². The molecule has 0 aliphatic heterocycles. The van der Waals surface area contributed by atoms with E-state index in [4.69, 9.17) is 4.42 Å². The van der Waals surface area contributed by atoms with Gasteiger partial charge in [0.2, 0.25) is 11.8 Å². The van der Waals surface area contributed by atoms with Crippen molar-refractivity contribution in [2.24, 2.45) is 0 Å². The SMILES string of the molecule is Cc1nnc(-c2ccccc2-c2cccc3[nH]ccc23)o1. The molecule has 0 unspecified atom stereocenters.